The Morgan fingerprint density at radius 3 is 2.53 bits per heavy atom. The summed E-state index contributed by atoms with van der Waals surface area (Å²) in [5.74, 6) is -1.33. The summed E-state index contributed by atoms with van der Waals surface area (Å²) in [7, 11) is 0. The number of Topliss-reactive ketones (excluding diaryl/α,β-unsaturated/α-hetero) is 1. The van der Waals surface area contributed by atoms with Gasteiger partial charge in [-0.25, -0.2) is 0 Å². The third-order valence-electron chi connectivity index (χ3n) is 7.26. The van der Waals surface area contributed by atoms with E-state index in [2.05, 4.69) is 5.32 Å². The number of para-hydroxylation sites is 2. The minimum absolute atomic E-state index is 0.0324. The predicted molar refractivity (Wildman–Crippen MR) is 127 cm³/mol. The monoisotopic (exact) mass is 460 g/mol. The van der Waals surface area contributed by atoms with Crippen LogP contribution in [0, 0.1) is 0 Å². The number of anilines is 2. The van der Waals surface area contributed by atoms with Gasteiger partial charge in [0.25, 0.3) is 11.8 Å². The number of aryl methyl sites for hydroxylation is 2. The summed E-state index contributed by atoms with van der Waals surface area (Å²) in [5.41, 5.74) is 3.37. The molecule has 1 aliphatic heterocycles. The second-order valence-corrected chi connectivity index (χ2v) is 9.36. The van der Waals surface area contributed by atoms with Gasteiger partial charge in [0.05, 0.1) is 17.8 Å². The SMILES string of the molecule is O=C(CCC(=O)c1ccc2c(c1)CCC2)OCC(=O)N1c2ccccc2NC(=O)C12CCCC2. The molecule has 176 valence electrons. The van der Waals surface area contributed by atoms with E-state index in [0.717, 1.165) is 32.1 Å². The molecule has 0 aromatic heterocycles. The average Bonchev–Trinajstić information content (AvgIpc) is 3.52. The van der Waals surface area contributed by atoms with Gasteiger partial charge in [-0.3, -0.25) is 24.1 Å². The number of carbonyl (C=O) groups is 4. The van der Waals surface area contributed by atoms with Gasteiger partial charge in [-0.15, -0.1) is 0 Å². The lowest BCUT2D eigenvalue weighted by atomic mass is 9.90. The van der Waals surface area contributed by atoms with E-state index in [9.17, 15) is 19.2 Å². The lowest BCUT2D eigenvalue weighted by Crippen LogP contribution is -2.61. The first-order valence-corrected chi connectivity index (χ1v) is 12.0. The number of rotatable bonds is 6. The highest BCUT2D eigenvalue weighted by Crippen LogP contribution is 2.45. The van der Waals surface area contributed by atoms with Gasteiger partial charge < -0.3 is 10.1 Å². The van der Waals surface area contributed by atoms with E-state index in [1.54, 1.807) is 18.2 Å². The molecule has 1 heterocycles. The van der Waals surface area contributed by atoms with Crippen molar-refractivity contribution in [3.05, 3.63) is 59.2 Å². The normalized spacial score (nSPS) is 17.8. The van der Waals surface area contributed by atoms with Gasteiger partial charge in [-0.05, 0) is 61.4 Å². The Bertz CT molecular complexity index is 1170. The van der Waals surface area contributed by atoms with E-state index >= 15 is 0 Å². The number of amides is 2. The lowest BCUT2D eigenvalue weighted by Gasteiger charge is -2.44. The number of carbonyl (C=O) groups excluding carboxylic acids is 4. The maximum absolute atomic E-state index is 13.2. The third kappa shape index (κ3) is 4.00. The lowest BCUT2D eigenvalue weighted by molar-refractivity contribution is -0.148. The molecular formula is C27H28N2O5. The Balaban J connectivity index is 1.21. The van der Waals surface area contributed by atoms with Gasteiger partial charge in [-0.2, -0.15) is 0 Å². The highest BCUT2D eigenvalue weighted by Gasteiger charge is 2.52. The first-order valence-electron chi connectivity index (χ1n) is 12.0. The largest absolute Gasteiger partial charge is 0.456 e. The highest BCUT2D eigenvalue weighted by atomic mass is 16.5. The number of benzene rings is 2. The van der Waals surface area contributed by atoms with E-state index in [-0.39, 0.29) is 24.5 Å². The van der Waals surface area contributed by atoms with E-state index in [1.165, 1.54) is 16.0 Å². The maximum atomic E-state index is 13.2. The molecule has 1 fully saturated rings. The van der Waals surface area contributed by atoms with Crippen LogP contribution >= 0.6 is 0 Å². The Kier molecular flexibility index (Phi) is 5.94. The van der Waals surface area contributed by atoms with Crippen molar-refractivity contribution < 1.29 is 23.9 Å². The molecule has 5 rings (SSSR count). The summed E-state index contributed by atoms with van der Waals surface area (Å²) in [6.45, 7) is -0.463. The smallest absolute Gasteiger partial charge is 0.306 e. The highest BCUT2D eigenvalue weighted by molar-refractivity contribution is 6.15. The molecule has 0 bridgehead atoms. The maximum Gasteiger partial charge on any atom is 0.306 e. The molecule has 3 aliphatic rings. The molecule has 7 nitrogen and oxygen atoms in total. The van der Waals surface area contributed by atoms with Gasteiger partial charge in [0.2, 0.25) is 0 Å². The number of nitrogens with one attached hydrogen (secondary N) is 1. The Labute approximate surface area is 198 Å². The van der Waals surface area contributed by atoms with E-state index < -0.39 is 24.0 Å². The van der Waals surface area contributed by atoms with Crippen molar-refractivity contribution in [1.82, 2.24) is 0 Å². The van der Waals surface area contributed by atoms with Crippen molar-refractivity contribution in [3.63, 3.8) is 0 Å². The van der Waals surface area contributed by atoms with Crippen molar-refractivity contribution in [2.24, 2.45) is 0 Å². The van der Waals surface area contributed by atoms with Gasteiger partial charge in [-0.1, -0.05) is 37.1 Å². The molecule has 2 amide bonds. The van der Waals surface area contributed by atoms with E-state index in [1.807, 2.05) is 24.3 Å². The zero-order valence-corrected chi connectivity index (χ0v) is 19.1. The minimum Gasteiger partial charge on any atom is -0.456 e. The number of hydrogen-bond acceptors (Lipinski definition) is 5. The van der Waals surface area contributed by atoms with E-state index in [4.69, 9.17) is 4.74 Å². The fourth-order valence-corrected chi connectivity index (χ4v) is 5.51. The summed E-state index contributed by atoms with van der Waals surface area (Å²) in [4.78, 5) is 52.6. The van der Waals surface area contributed by atoms with Crippen LogP contribution < -0.4 is 10.2 Å². The zero-order chi connectivity index (χ0) is 23.7. The molecule has 0 radical (unpaired) electrons. The number of fused-ring (bicyclic) bond motifs is 2. The van der Waals surface area contributed by atoms with Crippen molar-refractivity contribution in [2.75, 3.05) is 16.8 Å². The van der Waals surface area contributed by atoms with E-state index in [0.29, 0.717) is 29.8 Å². The molecule has 2 aromatic rings. The summed E-state index contributed by atoms with van der Waals surface area (Å²) in [6.07, 6.45) is 5.93. The van der Waals surface area contributed by atoms with Crippen LogP contribution in [-0.4, -0.2) is 35.7 Å². The Morgan fingerprint density at radius 2 is 1.71 bits per heavy atom. The van der Waals surface area contributed by atoms with Crippen LogP contribution in [0.1, 0.15) is 66.4 Å². The number of hydrogen-bond donors (Lipinski definition) is 1. The topological polar surface area (TPSA) is 92.8 Å². The molecule has 2 aromatic carbocycles. The van der Waals surface area contributed by atoms with Crippen LogP contribution in [0.3, 0.4) is 0 Å². The van der Waals surface area contributed by atoms with Gasteiger partial charge in [0.15, 0.2) is 12.4 Å². The fourth-order valence-electron chi connectivity index (χ4n) is 5.51. The summed E-state index contributed by atoms with van der Waals surface area (Å²) in [6, 6.07) is 12.9. The van der Waals surface area contributed by atoms with Gasteiger partial charge >= 0.3 is 5.97 Å². The zero-order valence-electron chi connectivity index (χ0n) is 19.1. The molecule has 1 saturated carbocycles. The number of ketones is 1. The molecule has 1 spiro atoms. The number of esters is 1. The molecule has 2 aliphatic carbocycles. The van der Waals surface area contributed by atoms with Crippen molar-refractivity contribution >= 4 is 34.9 Å². The molecule has 0 atom stereocenters. The molecule has 1 N–H and O–H groups in total. The predicted octanol–water partition coefficient (Wildman–Crippen LogP) is 3.98. The first kappa shape index (κ1) is 22.3. The average molecular weight is 461 g/mol. The summed E-state index contributed by atoms with van der Waals surface area (Å²) in [5, 5.41) is 2.93. The van der Waals surface area contributed by atoms with Crippen LogP contribution in [0.2, 0.25) is 0 Å². The Hall–Kier alpha value is -3.48. The van der Waals surface area contributed by atoms with Crippen LogP contribution in [0.4, 0.5) is 11.4 Å². The number of nitrogens with zero attached hydrogens (tertiary/aromatic N) is 1. The Morgan fingerprint density at radius 1 is 0.941 bits per heavy atom. The minimum atomic E-state index is -0.943. The molecule has 34 heavy (non-hydrogen) atoms. The summed E-state index contributed by atoms with van der Waals surface area (Å²) >= 11 is 0. The van der Waals surface area contributed by atoms with Crippen LogP contribution in [-0.2, 0) is 32.0 Å². The molecule has 0 unspecified atom stereocenters. The van der Waals surface area contributed by atoms with Gasteiger partial charge in [0, 0.05) is 12.0 Å². The van der Waals surface area contributed by atoms with Crippen LogP contribution in [0.5, 0.6) is 0 Å². The number of ether oxygens (including phenoxy) is 1. The molecular weight excluding hydrogens is 432 g/mol. The second-order valence-electron chi connectivity index (χ2n) is 9.36. The fraction of sp³-hybridized carbons (Fsp3) is 0.407. The van der Waals surface area contributed by atoms with Crippen molar-refractivity contribution in [2.45, 2.75) is 63.3 Å². The standard InChI is InChI=1S/C27H28N2O5/c30-23(20-11-10-18-6-5-7-19(18)16-20)12-13-25(32)34-17-24(31)29-22-9-2-1-8-21(22)28-26(33)27(29)14-3-4-15-27/h1-2,8-11,16H,3-7,12-15,17H2,(H,28,33). The third-order valence-corrected chi connectivity index (χ3v) is 7.26. The van der Waals surface area contributed by atoms with Gasteiger partial charge in [0.1, 0.15) is 5.54 Å². The van der Waals surface area contributed by atoms with Crippen molar-refractivity contribution in [1.29, 1.82) is 0 Å². The first-order chi connectivity index (χ1) is 16.5. The van der Waals surface area contributed by atoms with Crippen LogP contribution in [0.25, 0.3) is 0 Å². The second kappa shape index (κ2) is 9.05. The quantitative estimate of drug-likeness (QED) is 0.520. The van der Waals surface area contributed by atoms with Crippen LogP contribution in [0.15, 0.2) is 42.5 Å². The summed E-state index contributed by atoms with van der Waals surface area (Å²) < 4.78 is 5.26. The molecule has 7 heteroatoms. The molecule has 0 saturated heterocycles. The van der Waals surface area contributed by atoms with Crippen molar-refractivity contribution in [3.8, 4) is 0 Å².